The number of rotatable bonds is 4. The summed E-state index contributed by atoms with van der Waals surface area (Å²) in [7, 11) is 0. The van der Waals surface area contributed by atoms with Crippen molar-refractivity contribution >= 4 is 28.1 Å². The molecule has 0 bridgehead atoms. The average molecular weight is 327 g/mol. The van der Waals surface area contributed by atoms with Crippen molar-refractivity contribution in [2.45, 2.75) is 13.8 Å². The van der Waals surface area contributed by atoms with Crippen molar-refractivity contribution in [1.82, 2.24) is 10.4 Å². The highest BCUT2D eigenvalue weighted by atomic mass is 32.1. The largest absolute Gasteiger partial charge is 0.365 e. The van der Waals surface area contributed by atoms with E-state index in [0.29, 0.717) is 10.0 Å². The van der Waals surface area contributed by atoms with Crippen LogP contribution in [0.25, 0.3) is 0 Å². The van der Waals surface area contributed by atoms with Gasteiger partial charge in [0.2, 0.25) is 0 Å². The third kappa shape index (κ3) is 3.04. The summed E-state index contributed by atoms with van der Waals surface area (Å²) in [6.07, 6.45) is 7.17. The Balaban J connectivity index is 1.91. The van der Waals surface area contributed by atoms with Crippen molar-refractivity contribution in [3.05, 3.63) is 64.6 Å². The number of thiazole rings is 1. The quantitative estimate of drug-likeness (QED) is 0.804. The summed E-state index contributed by atoms with van der Waals surface area (Å²) in [5.41, 5.74) is 11.9. The topological polar surface area (TPSA) is 83.3 Å². The van der Waals surface area contributed by atoms with Crippen LogP contribution in [0.15, 0.2) is 48.6 Å². The molecular formula is C16H17N5OS. The first kappa shape index (κ1) is 15.1. The Labute approximate surface area is 138 Å². The number of para-hydroxylation sites is 1. The van der Waals surface area contributed by atoms with Crippen LogP contribution < -0.4 is 21.5 Å². The van der Waals surface area contributed by atoms with Crippen LogP contribution in [0.2, 0.25) is 0 Å². The fourth-order valence-electron chi connectivity index (χ4n) is 2.40. The van der Waals surface area contributed by atoms with Gasteiger partial charge in [-0.1, -0.05) is 29.5 Å². The molecule has 0 saturated carbocycles. The summed E-state index contributed by atoms with van der Waals surface area (Å²) in [5.74, 6) is 0.341. The van der Waals surface area contributed by atoms with Crippen LogP contribution in [-0.2, 0) is 0 Å². The van der Waals surface area contributed by atoms with E-state index < -0.39 is 5.91 Å². The van der Waals surface area contributed by atoms with E-state index in [0.717, 1.165) is 22.6 Å². The van der Waals surface area contributed by atoms with Crippen molar-refractivity contribution in [3.63, 3.8) is 0 Å². The molecule has 0 unspecified atom stereocenters. The molecule has 1 amide bonds. The van der Waals surface area contributed by atoms with Crippen molar-refractivity contribution in [1.29, 1.82) is 0 Å². The molecule has 6 nitrogen and oxygen atoms in total. The minimum absolute atomic E-state index is 0.422. The normalized spacial score (nSPS) is 13.5. The monoisotopic (exact) mass is 327 g/mol. The number of nitrogens with one attached hydrogen (secondary N) is 2. The van der Waals surface area contributed by atoms with Gasteiger partial charge in [-0.25, -0.2) is 9.99 Å². The van der Waals surface area contributed by atoms with Crippen molar-refractivity contribution in [2.24, 2.45) is 5.73 Å². The van der Waals surface area contributed by atoms with Crippen molar-refractivity contribution in [2.75, 3.05) is 10.3 Å². The molecule has 118 valence electrons. The fourth-order valence-corrected chi connectivity index (χ4v) is 3.07. The number of carbonyl (C=O) groups excluding carboxylic acids is 1. The van der Waals surface area contributed by atoms with Crippen LogP contribution in [0, 0.1) is 13.8 Å². The number of hydrazine groups is 1. The summed E-state index contributed by atoms with van der Waals surface area (Å²) < 4.78 is 0. The Morgan fingerprint density at radius 3 is 2.74 bits per heavy atom. The van der Waals surface area contributed by atoms with E-state index in [1.165, 1.54) is 17.5 Å². The molecule has 1 aliphatic heterocycles. The molecular weight excluding hydrogens is 310 g/mol. The number of nitrogens with two attached hydrogens (primary N) is 1. The summed E-state index contributed by atoms with van der Waals surface area (Å²) >= 11 is 1.22. The van der Waals surface area contributed by atoms with Crippen molar-refractivity contribution < 1.29 is 4.79 Å². The van der Waals surface area contributed by atoms with Gasteiger partial charge in [0.1, 0.15) is 10.7 Å². The number of amides is 1. The predicted octanol–water partition coefficient (Wildman–Crippen LogP) is 2.65. The maximum atomic E-state index is 11.2. The standard InChI is InChI=1S/C16H17N5OS/c1-10-5-3-6-11(2)14(10)21-13(7-4-8-19-21)20-16-18-9-12(23-16)15(17)22/h3-9,19H,1-2H3,(H2,17,22)(H,18,20). The highest BCUT2D eigenvalue weighted by Crippen LogP contribution is 2.29. The zero-order valence-corrected chi connectivity index (χ0v) is 13.6. The van der Waals surface area contributed by atoms with Gasteiger partial charge in [-0.15, -0.1) is 0 Å². The van der Waals surface area contributed by atoms with Crippen LogP contribution >= 0.6 is 11.3 Å². The number of hydrogen-bond acceptors (Lipinski definition) is 6. The molecule has 0 fully saturated rings. The molecule has 0 aliphatic carbocycles. The molecule has 23 heavy (non-hydrogen) atoms. The lowest BCUT2D eigenvalue weighted by molar-refractivity contribution is 0.100. The highest BCUT2D eigenvalue weighted by molar-refractivity contribution is 7.17. The van der Waals surface area contributed by atoms with Crippen molar-refractivity contribution in [3.8, 4) is 0 Å². The average Bonchev–Trinajstić information content (AvgIpc) is 2.97. The van der Waals surface area contributed by atoms with E-state index >= 15 is 0 Å². The minimum Gasteiger partial charge on any atom is -0.365 e. The van der Waals surface area contributed by atoms with Gasteiger partial charge < -0.3 is 11.1 Å². The first-order valence-corrected chi connectivity index (χ1v) is 7.90. The smallest absolute Gasteiger partial charge is 0.260 e. The minimum atomic E-state index is -0.474. The Kier molecular flexibility index (Phi) is 4.03. The molecule has 3 rings (SSSR count). The summed E-state index contributed by atoms with van der Waals surface area (Å²) in [4.78, 5) is 15.8. The molecule has 1 aromatic heterocycles. The number of aromatic nitrogens is 1. The second-order valence-corrected chi connectivity index (χ2v) is 6.17. The predicted molar refractivity (Wildman–Crippen MR) is 93.0 cm³/mol. The van der Waals surface area contributed by atoms with Crippen LogP contribution in [0.5, 0.6) is 0 Å². The zero-order valence-electron chi connectivity index (χ0n) is 12.8. The van der Waals surface area contributed by atoms with E-state index in [-0.39, 0.29) is 0 Å². The molecule has 0 spiro atoms. The Morgan fingerprint density at radius 1 is 1.35 bits per heavy atom. The maximum Gasteiger partial charge on any atom is 0.260 e. The van der Waals surface area contributed by atoms with Gasteiger partial charge in [0.15, 0.2) is 5.13 Å². The molecule has 2 heterocycles. The lowest BCUT2D eigenvalue weighted by atomic mass is 10.1. The summed E-state index contributed by atoms with van der Waals surface area (Å²) in [6.45, 7) is 4.13. The number of primary amides is 1. The number of nitrogens with zero attached hydrogens (tertiary/aromatic N) is 2. The Bertz CT molecular complexity index is 788. The third-order valence-electron chi connectivity index (χ3n) is 3.44. The maximum absolute atomic E-state index is 11.2. The second-order valence-electron chi connectivity index (χ2n) is 5.13. The van der Waals surface area contributed by atoms with E-state index in [9.17, 15) is 4.79 Å². The van der Waals surface area contributed by atoms with Gasteiger partial charge in [-0.05, 0) is 37.1 Å². The number of hydrogen-bond donors (Lipinski definition) is 3. The number of carbonyl (C=O) groups is 1. The van der Waals surface area contributed by atoms with Crippen LogP contribution in [0.4, 0.5) is 10.8 Å². The number of allylic oxidation sites excluding steroid dienone is 2. The number of aryl methyl sites for hydroxylation is 2. The van der Waals surface area contributed by atoms with Gasteiger partial charge in [0, 0.05) is 6.20 Å². The Morgan fingerprint density at radius 2 is 2.09 bits per heavy atom. The number of anilines is 2. The second kappa shape index (κ2) is 6.13. The molecule has 0 radical (unpaired) electrons. The number of benzene rings is 1. The molecule has 0 saturated heterocycles. The SMILES string of the molecule is Cc1cccc(C)c1N1NC=CC=C1Nc1ncc(C(N)=O)s1. The fraction of sp³-hybridized carbons (Fsp3) is 0.125. The van der Waals surface area contributed by atoms with Gasteiger partial charge in [-0.2, -0.15) is 0 Å². The highest BCUT2D eigenvalue weighted by Gasteiger charge is 2.18. The van der Waals surface area contributed by atoms with Gasteiger partial charge in [0.05, 0.1) is 11.9 Å². The molecule has 1 aromatic carbocycles. The first-order chi connectivity index (χ1) is 11.1. The molecule has 7 heteroatoms. The lowest BCUT2D eigenvalue weighted by Gasteiger charge is -2.31. The Hall–Kier alpha value is -2.80. The zero-order chi connectivity index (χ0) is 16.4. The van der Waals surface area contributed by atoms with Crippen LogP contribution in [0.3, 0.4) is 0 Å². The van der Waals surface area contributed by atoms with Gasteiger partial charge >= 0.3 is 0 Å². The van der Waals surface area contributed by atoms with E-state index in [1.807, 2.05) is 29.4 Å². The van der Waals surface area contributed by atoms with Crippen LogP contribution in [-0.4, -0.2) is 10.9 Å². The molecule has 1 aliphatic rings. The van der Waals surface area contributed by atoms with E-state index in [4.69, 9.17) is 5.73 Å². The molecule has 2 aromatic rings. The van der Waals surface area contributed by atoms with E-state index in [2.05, 4.69) is 41.7 Å². The van der Waals surface area contributed by atoms with Gasteiger partial charge in [0.25, 0.3) is 5.91 Å². The van der Waals surface area contributed by atoms with Gasteiger partial charge in [-0.3, -0.25) is 10.2 Å². The summed E-state index contributed by atoms with van der Waals surface area (Å²) in [6, 6.07) is 6.16. The molecule has 0 atom stereocenters. The van der Waals surface area contributed by atoms with Crippen LogP contribution in [0.1, 0.15) is 20.8 Å². The lowest BCUT2D eigenvalue weighted by Crippen LogP contribution is -2.39. The first-order valence-electron chi connectivity index (χ1n) is 7.08. The third-order valence-corrected chi connectivity index (χ3v) is 4.37. The molecule has 4 N–H and O–H groups in total. The van der Waals surface area contributed by atoms with E-state index in [1.54, 1.807) is 0 Å². The summed E-state index contributed by atoms with van der Waals surface area (Å²) in [5, 5.41) is 5.80.